The Kier molecular flexibility index (Phi) is 2.86. The summed E-state index contributed by atoms with van der Waals surface area (Å²) < 4.78 is 14.6. The maximum absolute atomic E-state index is 13.4. The van der Waals surface area contributed by atoms with Crippen LogP contribution in [0.5, 0.6) is 0 Å². The van der Waals surface area contributed by atoms with Crippen LogP contribution in [0.3, 0.4) is 0 Å². The molecule has 0 radical (unpaired) electrons. The van der Waals surface area contributed by atoms with Crippen molar-refractivity contribution in [3.05, 3.63) is 52.2 Å². The van der Waals surface area contributed by atoms with E-state index in [0.717, 1.165) is 0 Å². The Balaban J connectivity index is 2.66. The standard InChI is InChI=1S/C13H10FN3O/c1-17-9(7-15)3-4-10(13(17)18)8-2-5-12(16)11(14)6-8/h2-6H,16H2,1H3. The van der Waals surface area contributed by atoms with Crippen molar-refractivity contribution in [3.8, 4) is 17.2 Å². The highest BCUT2D eigenvalue weighted by Crippen LogP contribution is 2.20. The molecule has 2 rings (SSSR count). The van der Waals surface area contributed by atoms with E-state index in [0.29, 0.717) is 11.1 Å². The van der Waals surface area contributed by atoms with Crippen LogP contribution in [0, 0.1) is 17.1 Å². The first-order chi connectivity index (χ1) is 8.54. The van der Waals surface area contributed by atoms with Crippen LogP contribution in [0.25, 0.3) is 11.1 Å². The van der Waals surface area contributed by atoms with Gasteiger partial charge in [0.05, 0.1) is 5.69 Å². The lowest BCUT2D eigenvalue weighted by molar-refractivity contribution is 0.633. The van der Waals surface area contributed by atoms with E-state index in [1.165, 1.54) is 35.9 Å². The molecule has 0 saturated heterocycles. The number of benzene rings is 1. The molecule has 0 atom stereocenters. The van der Waals surface area contributed by atoms with Gasteiger partial charge in [-0.2, -0.15) is 5.26 Å². The molecule has 0 aliphatic carbocycles. The maximum Gasteiger partial charge on any atom is 0.259 e. The molecule has 5 heteroatoms. The Morgan fingerprint density at radius 3 is 2.67 bits per heavy atom. The number of pyridine rings is 1. The molecular weight excluding hydrogens is 233 g/mol. The molecule has 1 aromatic carbocycles. The molecule has 0 spiro atoms. The Hall–Kier alpha value is -2.61. The van der Waals surface area contributed by atoms with Crippen molar-refractivity contribution in [2.24, 2.45) is 7.05 Å². The molecule has 0 aliphatic heterocycles. The van der Waals surface area contributed by atoms with Crippen LogP contribution in [-0.2, 0) is 7.05 Å². The monoisotopic (exact) mass is 243 g/mol. The van der Waals surface area contributed by atoms with Crippen LogP contribution < -0.4 is 11.3 Å². The van der Waals surface area contributed by atoms with Gasteiger partial charge in [-0.3, -0.25) is 4.79 Å². The van der Waals surface area contributed by atoms with Gasteiger partial charge >= 0.3 is 0 Å². The Labute approximate surface area is 103 Å². The minimum Gasteiger partial charge on any atom is -0.396 e. The summed E-state index contributed by atoms with van der Waals surface area (Å²) in [6.45, 7) is 0. The summed E-state index contributed by atoms with van der Waals surface area (Å²) >= 11 is 0. The maximum atomic E-state index is 13.4. The molecule has 0 unspecified atom stereocenters. The van der Waals surface area contributed by atoms with Crippen molar-refractivity contribution < 1.29 is 4.39 Å². The number of nitriles is 1. The molecule has 0 amide bonds. The number of hydrogen-bond acceptors (Lipinski definition) is 3. The van der Waals surface area contributed by atoms with Crippen molar-refractivity contribution in [2.75, 3.05) is 5.73 Å². The summed E-state index contributed by atoms with van der Waals surface area (Å²) in [5.41, 5.74) is 6.08. The molecule has 0 fully saturated rings. The lowest BCUT2D eigenvalue weighted by atomic mass is 10.1. The number of rotatable bonds is 1. The first-order valence-corrected chi connectivity index (χ1v) is 5.20. The number of anilines is 1. The third kappa shape index (κ3) is 1.84. The fourth-order valence-electron chi connectivity index (χ4n) is 1.66. The SMILES string of the molecule is Cn1c(C#N)ccc(-c2ccc(N)c(F)c2)c1=O. The predicted octanol–water partition coefficient (Wildman–Crippen LogP) is 1.65. The fourth-order valence-corrected chi connectivity index (χ4v) is 1.66. The minimum atomic E-state index is -0.570. The Morgan fingerprint density at radius 2 is 2.06 bits per heavy atom. The predicted molar refractivity (Wildman–Crippen MR) is 66.2 cm³/mol. The summed E-state index contributed by atoms with van der Waals surface area (Å²) in [4.78, 5) is 12.0. The van der Waals surface area contributed by atoms with Crippen LogP contribution in [0.1, 0.15) is 5.69 Å². The lowest BCUT2D eigenvalue weighted by Crippen LogP contribution is -2.20. The van der Waals surface area contributed by atoms with Crippen molar-refractivity contribution in [2.45, 2.75) is 0 Å². The third-order valence-corrected chi connectivity index (χ3v) is 2.73. The van der Waals surface area contributed by atoms with Crippen molar-refractivity contribution in [3.63, 3.8) is 0 Å². The molecule has 2 aromatic rings. The van der Waals surface area contributed by atoms with Gasteiger partial charge in [-0.1, -0.05) is 6.07 Å². The van der Waals surface area contributed by atoms with E-state index in [4.69, 9.17) is 11.0 Å². The van der Waals surface area contributed by atoms with Gasteiger partial charge in [0.1, 0.15) is 17.6 Å². The summed E-state index contributed by atoms with van der Waals surface area (Å²) in [6.07, 6.45) is 0. The van der Waals surface area contributed by atoms with Gasteiger partial charge in [0.2, 0.25) is 0 Å². The molecule has 0 aliphatic rings. The highest BCUT2D eigenvalue weighted by Gasteiger charge is 2.09. The smallest absolute Gasteiger partial charge is 0.259 e. The Morgan fingerprint density at radius 1 is 1.33 bits per heavy atom. The van der Waals surface area contributed by atoms with E-state index in [-0.39, 0.29) is 16.9 Å². The van der Waals surface area contributed by atoms with Gasteiger partial charge in [-0.15, -0.1) is 0 Å². The van der Waals surface area contributed by atoms with E-state index in [9.17, 15) is 9.18 Å². The molecule has 4 nitrogen and oxygen atoms in total. The van der Waals surface area contributed by atoms with Crippen molar-refractivity contribution in [1.29, 1.82) is 5.26 Å². The van der Waals surface area contributed by atoms with E-state index < -0.39 is 5.82 Å². The van der Waals surface area contributed by atoms with Crippen LogP contribution in [-0.4, -0.2) is 4.57 Å². The number of hydrogen-bond donors (Lipinski definition) is 1. The molecule has 18 heavy (non-hydrogen) atoms. The average Bonchev–Trinajstić information content (AvgIpc) is 2.36. The molecule has 1 aromatic heterocycles. The summed E-state index contributed by atoms with van der Waals surface area (Å²) in [6, 6.07) is 9.11. The first-order valence-electron chi connectivity index (χ1n) is 5.20. The second kappa shape index (κ2) is 4.34. The number of nitrogens with two attached hydrogens (primary N) is 1. The van der Waals surface area contributed by atoms with Crippen LogP contribution >= 0.6 is 0 Å². The van der Waals surface area contributed by atoms with Gasteiger partial charge in [-0.05, 0) is 29.8 Å². The zero-order valence-corrected chi connectivity index (χ0v) is 9.64. The second-order valence-corrected chi connectivity index (χ2v) is 3.84. The van der Waals surface area contributed by atoms with Crippen LogP contribution in [0.15, 0.2) is 35.1 Å². The van der Waals surface area contributed by atoms with Crippen molar-refractivity contribution in [1.82, 2.24) is 4.57 Å². The van der Waals surface area contributed by atoms with E-state index in [1.54, 1.807) is 6.07 Å². The van der Waals surface area contributed by atoms with Gasteiger partial charge in [0.15, 0.2) is 0 Å². The van der Waals surface area contributed by atoms with E-state index in [2.05, 4.69) is 0 Å². The molecule has 90 valence electrons. The van der Waals surface area contributed by atoms with E-state index in [1.807, 2.05) is 6.07 Å². The minimum absolute atomic E-state index is 0.0317. The highest BCUT2D eigenvalue weighted by molar-refractivity contribution is 5.65. The van der Waals surface area contributed by atoms with Crippen molar-refractivity contribution >= 4 is 5.69 Å². The van der Waals surface area contributed by atoms with Gasteiger partial charge in [0, 0.05) is 12.6 Å². The van der Waals surface area contributed by atoms with Gasteiger partial charge in [0.25, 0.3) is 5.56 Å². The quantitative estimate of drug-likeness (QED) is 0.774. The van der Waals surface area contributed by atoms with Crippen LogP contribution in [0.4, 0.5) is 10.1 Å². The number of halogens is 1. The number of nitrogens with zero attached hydrogens (tertiary/aromatic N) is 2. The van der Waals surface area contributed by atoms with Gasteiger partial charge < -0.3 is 10.3 Å². The third-order valence-electron chi connectivity index (χ3n) is 2.73. The lowest BCUT2D eigenvalue weighted by Gasteiger charge is -2.06. The normalized spacial score (nSPS) is 10.1. The largest absolute Gasteiger partial charge is 0.396 e. The number of nitrogen functional groups attached to an aromatic ring is 1. The number of aromatic nitrogens is 1. The zero-order chi connectivity index (χ0) is 13.3. The zero-order valence-electron chi connectivity index (χ0n) is 9.64. The highest BCUT2D eigenvalue weighted by atomic mass is 19.1. The molecule has 2 N–H and O–H groups in total. The van der Waals surface area contributed by atoms with E-state index >= 15 is 0 Å². The molecule has 0 saturated carbocycles. The average molecular weight is 243 g/mol. The first kappa shape index (κ1) is 11.9. The van der Waals surface area contributed by atoms with Crippen LogP contribution in [0.2, 0.25) is 0 Å². The molecule has 1 heterocycles. The van der Waals surface area contributed by atoms with Gasteiger partial charge in [-0.25, -0.2) is 4.39 Å². The summed E-state index contributed by atoms with van der Waals surface area (Å²) in [5, 5.41) is 8.80. The summed E-state index contributed by atoms with van der Waals surface area (Å²) in [5.74, 6) is -0.570. The Bertz CT molecular complexity index is 713. The molecule has 0 bridgehead atoms. The topological polar surface area (TPSA) is 71.8 Å². The molecular formula is C13H10FN3O. The summed E-state index contributed by atoms with van der Waals surface area (Å²) in [7, 11) is 1.50. The fraction of sp³-hybridized carbons (Fsp3) is 0.0769. The second-order valence-electron chi connectivity index (χ2n) is 3.84.